The topological polar surface area (TPSA) is 137 Å². The SMILES string of the molecule is C[C@H](Nc1nc(N)ncc1C(=O)N1CCC1)c1nc2cccc(-c3cnn(C)c3)c2c(=O)n1-c1ccccc1. The summed E-state index contributed by atoms with van der Waals surface area (Å²) in [6.07, 6.45) is 6.01. The van der Waals surface area contributed by atoms with Crippen LogP contribution in [0.2, 0.25) is 0 Å². The number of amides is 1. The van der Waals surface area contributed by atoms with E-state index in [0.717, 1.165) is 17.5 Å². The van der Waals surface area contributed by atoms with E-state index >= 15 is 0 Å². The van der Waals surface area contributed by atoms with E-state index in [-0.39, 0.29) is 17.4 Å². The average Bonchev–Trinajstić information content (AvgIpc) is 3.33. The molecule has 6 rings (SSSR count). The number of rotatable bonds is 6. The molecule has 0 bridgehead atoms. The lowest BCUT2D eigenvalue weighted by Gasteiger charge is -2.31. The quantitative estimate of drug-likeness (QED) is 0.348. The maximum absolute atomic E-state index is 14.2. The van der Waals surface area contributed by atoms with E-state index in [0.29, 0.717) is 46.9 Å². The van der Waals surface area contributed by atoms with Gasteiger partial charge in [-0.25, -0.2) is 9.97 Å². The highest BCUT2D eigenvalue weighted by Crippen LogP contribution is 2.29. The van der Waals surface area contributed by atoms with Crippen molar-refractivity contribution in [3.05, 3.63) is 88.9 Å². The summed E-state index contributed by atoms with van der Waals surface area (Å²) in [5.41, 5.74) is 8.80. The first kappa shape index (κ1) is 24.3. The number of hydrogen-bond donors (Lipinski definition) is 2. The van der Waals surface area contributed by atoms with Crippen LogP contribution in [0.5, 0.6) is 0 Å². The molecule has 0 radical (unpaired) electrons. The van der Waals surface area contributed by atoms with Gasteiger partial charge >= 0.3 is 0 Å². The van der Waals surface area contributed by atoms with Crippen LogP contribution in [0.4, 0.5) is 11.8 Å². The Hall–Kier alpha value is -5.06. The van der Waals surface area contributed by atoms with Crippen LogP contribution in [0, 0.1) is 0 Å². The van der Waals surface area contributed by atoms with Gasteiger partial charge in [0, 0.05) is 38.1 Å². The maximum atomic E-state index is 14.2. The molecular weight excluding hydrogens is 494 g/mol. The third kappa shape index (κ3) is 4.37. The summed E-state index contributed by atoms with van der Waals surface area (Å²) < 4.78 is 3.30. The number of benzene rings is 2. The van der Waals surface area contributed by atoms with Crippen LogP contribution in [-0.4, -0.2) is 53.2 Å². The Labute approximate surface area is 224 Å². The van der Waals surface area contributed by atoms with Crippen LogP contribution in [0.1, 0.15) is 35.6 Å². The highest BCUT2D eigenvalue weighted by Gasteiger charge is 2.27. The third-order valence-corrected chi connectivity index (χ3v) is 6.88. The van der Waals surface area contributed by atoms with E-state index in [2.05, 4.69) is 20.4 Å². The number of likely N-dealkylation sites (tertiary alicyclic amines) is 1. The van der Waals surface area contributed by atoms with Gasteiger partial charge in [-0.15, -0.1) is 0 Å². The molecular formula is C28H27N9O2. The predicted molar refractivity (Wildman–Crippen MR) is 149 cm³/mol. The first-order valence-electron chi connectivity index (χ1n) is 12.7. The first-order valence-corrected chi connectivity index (χ1v) is 12.7. The smallest absolute Gasteiger partial charge is 0.266 e. The molecule has 3 N–H and O–H groups in total. The Kier molecular flexibility index (Phi) is 6.02. The van der Waals surface area contributed by atoms with Gasteiger partial charge in [0.1, 0.15) is 17.2 Å². The minimum absolute atomic E-state index is 0.0397. The van der Waals surface area contributed by atoms with Crippen LogP contribution in [0.3, 0.4) is 0 Å². The summed E-state index contributed by atoms with van der Waals surface area (Å²) in [6, 6.07) is 14.4. The van der Waals surface area contributed by atoms with Gasteiger partial charge < -0.3 is 16.0 Å². The van der Waals surface area contributed by atoms with Gasteiger partial charge in [0.25, 0.3) is 11.5 Å². The van der Waals surface area contributed by atoms with Crippen molar-refractivity contribution in [1.82, 2.24) is 34.2 Å². The van der Waals surface area contributed by atoms with Crippen LogP contribution in [0.15, 0.2) is 71.9 Å². The monoisotopic (exact) mass is 521 g/mol. The number of hydrogen-bond acceptors (Lipinski definition) is 8. The molecule has 0 spiro atoms. The zero-order valence-electron chi connectivity index (χ0n) is 21.6. The van der Waals surface area contributed by atoms with E-state index < -0.39 is 6.04 Å². The minimum Gasteiger partial charge on any atom is -0.368 e. The second-order valence-corrected chi connectivity index (χ2v) is 9.55. The normalized spacial score (nSPS) is 13.7. The summed E-state index contributed by atoms with van der Waals surface area (Å²) >= 11 is 0. The Morgan fingerprint density at radius 2 is 1.85 bits per heavy atom. The molecule has 11 nitrogen and oxygen atoms in total. The van der Waals surface area contributed by atoms with E-state index in [1.165, 1.54) is 6.20 Å². The Balaban J connectivity index is 1.51. The molecule has 1 atom stereocenters. The van der Waals surface area contributed by atoms with Crippen LogP contribution >= 0.6 is 0 Å². The van der Waals surface area contributed by atoms with E-state index in [9.17, 15) is 9.59 Å². The molecule has 4 heterocycles. The van der Waals surface area contributed by atoms with Crippen LogP contribution in [0.25, 0.3) is 27.7 Å². The highest BCUT2D eigenvalue weighted by atomic mass is 16.2. The first-order chi connectivity index (χ1) is 18.9. The van der Waals surface area contributed by atoms with Crippen molar-refractivity contribution in [2.45, 2.75) is 19.4 Å². The fourth-order valence-corrected chi connectivity index (χ4v) is 4.79. The van der Waals surface area contributed by atoms with Crippen molar-refractivity contribution < 1.29 is 4.79 Å². The Morgan fingerprint density at radius 1 is 1.05 bits per heavy atom. The lowest BCUT2D eigenvalue weighted by molar-refractivity contribution is 0.0652. The molecule has 0 saturated carbocycles. The molecule has 3 aromatic heterocycles. The molecule has 11 heteroatoms. The zero-order chi connectivity index (χ0) is 27.1. The van der Waals surface area contributed by atoms with Gasteiger partial charge in [-0.2, -0.15) is 10.1 Å². The molecule has 1 aliphatic heterocycles. The summed E-state index contributed by atoms with van der Waals surface area (Å²) in [6.45, 7) is 3.25. The van der Waals surface area contributed by atoms with Crippen LogP contribution < -0.4 is 16.6 Å². The molecule has 1 saturated heterocycles. The number of fused-ring (bicyclic) bond motifs is 1. The van der Waals surface area contributed by atoms with Crippen molar-refractivity contribution in [3.8, 4) is 16.8 Å². The Bertz CT molecular complexity index is 1760. The Morgan fingerprint density at radius 3 is 2.54 bits per heavy atom. The fourth-order valence-electron chi connectivity index (χ4n) is 4.79. The van der Waals surface area contributed by atoms with Crippen molar-refractivity contribution in [2.24, 2.45) is 7.05 Å². The number of aromatic nitrogens is 6. The largest absolute Gasteiger partial charge is 0.368 e. The molecule has 0 aliphatic carbocycles. The van der Waals surface area contributed by atoms with Crippen molar-refractivity contribution in [1.29, 1.82) is 0 Å². The molecule has 1 aliphatic rings. The number of nitrogen functional groups attached to an aromatic ring is 1. The highest BCUT2D eigenvalue weighted by molar-refractivity contribution is 5.99. The molecule has 39 heavy (non-hydrogen) atoms. The predicted octanol–water partition coefficient (Wildman–Crippen LogP) is 3.18. The summed E-state index contributed by atoms with van der Waals surface area (Å²) in [4.78, 5) is 42.4. The number of nitrogens with zero attached hydrogens (tertiary/aromatic N) is 7. The second kappa shape index (κ2) is 9.67. The number of aryl methyl sites for hydroxylation is 1. The molecule has 2 aromatic carbocycles. The van der Waals surface area contributed by atoms with Gasteiger partial charge in [0.2, 0.25) is 5.95 Å². The summed E-state index contributed by atoms with van der Waals surface area (Å²) in [5.74, 6) is 0.633. The molecule has 1 fully saturated rings. The van der Waals surface area contributed by atoms with Gasteiger partial charge in [-0.05, 0) is 37.1 Å². The second-order valence-electron chi connectivity index (χ2n) is 9.55. The van der Waals surface area contributed by atoms with Gasteiger partial charge in [0.05, 0.1) is 28.8 Å². The maximum Gasteiger partial charge on any atom is 0.266 e. The summed E-state index contributed by atoms with van der Waals surface area (Å²) in [5, 5.41) is 8.06. The van der Waals surface area contributed by atoms with Gasteiger partial charge in [0.15, 0.2) is 0 Å². The van der Waals surface area contributed by atoms with Crippen molar-refractivity contribution in [3.63, 3.8) is 0 Å². The lowest BCUT2D eigenvalue weighted by Crippen LogP contribution is -2.42. The van der Waals surface area contributed by atoms with Crippen molar-refractivity contribution in [2.75, 3.05) is 24.1 Å². The van der Waals surface area contributed by atoms with E-state index in [1.807, 2.05) is 68.7 Å². The molecule has 196 valence electrons. The summed E-state index contributed by atoms with van der Waals surface area (Å²) in [7, 11) is 1.83. The van der Waals surface area contributed by atoms with E-state index in [4.69, 9.17) is 10.7 Å². The number of anilines is 2. The number of carbonyl (C=O) groups excluding carboxylic acids is 1. The molecule has 1 amide bonds. The standard InChI is InChI=1S/C28H27N9O2/c1-17(32-24-21(15-30-28(29)34-24)26(38)36-12-7-13-36)25-33-22-11-6-10-20(18-14-31-35(2)16-18)23(22)27(39)37(25)19-8-4-3-5-9-19/h3-6,8-11,14-17H,7,12-13H2,1-2H3,(H3,29,30,32,34)/t17-/m0/s1. The average molecular weight is 522 g/mol. The molecule has 0 unspecified atom stereocenters. The zero-order valence-corrected chi connectivity index (χ0v) is 21.6. The number of nitrogens with two attached hydrogens (primary N) is 1. The minimum atomic E-state index is -0.526. The molecule has 5 aromatic rings. The number of carbonyl (C=O) groups is 1. The number of para-hydroxylation sites is 1. The fraction of sp³-hybridized carbons (Fsp3) is 0.214. The van der Waals surface area contributed by atoms with Crippen LogP contribution in [-0.2, 0) is 7.05 Å². The van der Waals surface area contributed by atoms with Gasteiger partial charge in [-0.1, -0.05) is 30.3 Å². The third-order valence-electron chi connectivity index (χ3n) is 6.88. The van der Waals surface area contributed by atoms with Crippen molar-refractivity contribution >= 4 is 28.6 Å². The lowest BCUT2D eigenvalue weighted by atomic mass is 10.0. The van der Waals surface area contributed by atoms with Gasteiger partial charge in [-0.3, -0.25) is 18.8 Å². The number of nitrogens with one attached hydrogen (secondary N) is 1. The van der Waals surface area contributed by atoms with E-state index in [1.54, 1.807) is 20.3 Å².